The van der Waals surface area contributed by atoms with Gasteiger partial charge in [0.15, 0.2) is 10.9 Å². The molecule has 1 amide bonds. The molecule has 7 heteroatoms. The summed E-state index contributed by atoms with van der Waals surface area (Å²) in [5.74, 6) is 0.0377. The van der Waals surface area contributed by atoms with Crippen LogP contribution in [0.4, 0.5) is 10.8 Å². The first-order valence-corrected chi connectivity index (χ1v) is 8.19. The van der Waals surface area contributed by atoms with Gasteiger partial charge in [-0.15, -0.1) is 0 Å². The molecule has 6 nitrogen and oxygen atoms in total. The van der Waals surface area contributed by atoms with Crippen molar-refractivity contribution in [1.29, 1.82) is 0 Å². The van der Waals surface area contributed by atoms with Crippen LogP contribution in [0, 0.1) is 0 Å². The summed E-state index contributed by atoms with van der Waals surface area (Å²) in [4.78, 5) is 18.9. The normalized spacial score (nSPS) is 15.0. The second-order valence-corrected chi connectivity index (χ2v) is 6.22. The maximum absolute atomic E-state index is 12.0. The third-order valence-corrected chi connectivity index (χ3v) is 4.74. The molecule has 0 spiro atoms. The molecule has 1 aromatic carbocycles. The summed E-state index contributed by atoms with van der Waals surface area (Å²) >= 11 is 1.63. The highest BCUT2D eigenvalue weighted by Crippen LogP contribution is 2.31. The van der Waals surface area contributed by atoms with Crippen molar-refractivity contribution in [3.8, 4) is 0 Å². The first-order valence-electron chi connectivity index (χ1n) is 7.38. The molecule has 23 heavy (non-hydrogen) atoms. The molecule has 0 radical (unpaired) electrons. The number of hydrogen-bond donors (Lipinski definition) is 1. The van der Waals surface area contributed by atoms with Crippen LogP contribution >= 0.6 is 11.3 Å². The number of thiazole rings is 1. The average Bonchev–Trinajstić information content (AvgIpc) is 3.25. The number of carbonyl (C=O) groups is 1. The topological polar surface area (TPSA) is 67.6 Å². The number of rotatable bonds is 3. The zero-order valence-corrected chi connectivity index (χ0v) is 13.1. The van der Waals surface area contributed by atoms with Gasteiger partial charge >= 0.3 is 0 Å². The van der Waals surface area contributed by atoms with E-state index in [4.69, 9.17) is 9.15 Å². The van der Waals surface area contributed by atoms with Crippen molar-refractivity contribution in [3.05, 3.63) is 42.4 Å². The molecule has 3 heterocycles. The third kappa shape index (κ3) is 2.93. The van der Waals surface area contributed by atoms with E-state index in [0.29, 0.717) is 5.76 Å². The molecule has 1 saturated heterocycles. The van der Waals surface area contributed by atoms with Gasteiger partial charge in [-0.3, -0.25) is 4.79 Å². The first kappa shape index (κ1) is 14.2. The smallest absolute Gasteiger partial charge is 0.291 e. The Morgan fingerprint density at radius 1 is 1.26 bits per heavy atom. The van der Waals surface area contributed by atoms with Crippen LogP contribution in [-0.4, -0.2) is 37.2 Å². The largest absolute Gasteiger partial charge is 0.459 e. The minimum atomic E-state index is -0.257. The number of anilines is 2. The maximum Gasteiger partial charge on any atom is 0.291 e. The van der Waals surface area contributed by atoms with Gasteiger partial charge in [0.05, 0.1) is 29.7 Å². The summed E-state index contributed by atoms with van der Waals surface area (Å²) in [5.41, 5.74) is 1.67. The quantitative estimate of drug-likeness (QED) is 0.800. The fourth-order valence-corrected chi connectivity index (χ4v) is 3.54. The van der Waals surface area contributed by atoms with Crippen LogP contribution in [0.5, 0.6) is 0 Å². The van der Waals surface area contributed by atoms with E-state index in [2.05, 4.69) is 15.2 Å². The molecular formula is C16H15N3O3S. The predicted octanol–water partition coefficient (Wildman–Crippen LogP) is 2.98. The number of hydrogen-bond acceptors (Lipinski definition) is 6. The van der Waals surface area contributed by atoms with E-state index < -0.39 is 0 Å². The first-order chi connectivity index (χ1) is 11.3. The Kier molecular flexibility index (Phi) is 3.72. The van der Waals surface area contributed by atoms with Gasteiger partial charge in [-0.25, -0.2) is 4.98 Å². The number of nitrogens with zero attached hydrogens (tertiary/aromatic N) is 2. The van der Waals surface area contributed by atoms with Crippen LogP contribution in [-0.2, 0) is 4.74 Å². The number of carbonyl (C=O) groups excluding carboxylic acids is 1. The zero-order chi connectivity index (χ0) is 15.6. The molecule has 0 atom stereocenters. The van der Waals surface area contributed by atoms with Crippen molar-refractivity contribution in [2.75, 3.05) is 36.5 Å². The van der Waals surface area contributed by atoms with E-state index in [-0.39, 0.29) is 5.91 Å². The highest BCUT2D eigenvalue weighted by molar-refractivity contribution is 7.22. The molecule has 1 aliphatic rings. The summed E-state index contributed by atoms with van der Waals surface area (Å²) in [7, 11) is 0. The predicted molar refractivity (Wildman–Crippen MR) is 89.3 cm³/mol. The average molecular weight is 329 g/mol. The minimum absolute atomic E-state index is 0.257. The Bertz CT molecular complexity index is 822. The Labute approximate surface area is 136 Å². The van der Waals surface area contributed by atoms with E-state index in [1.807, 2.05) is 18.2 Å². The van der Waals surface area contributed by atoms with Gasteiger partial charge in [0.2, 0.25) is 0 Å². The van der Waals surface area contributed by atoms with Gasteiger partial charge in [0.1, 0.15) is 0 Å². The standard InChI is InChI=1S/C16H15N3O3S/c20-15(13-2-1-7-22-13)17-11-3-4-12-14(10-11)23-16(18-12)19-5-8-21-9-6-19/h1-4,7,10H,5-6,8-9H2,(H,17,20). The lowest BCUT2D eigenvalue weighted by Gasteiger charge is -2.25. The van der Waals surface area contributed by atoms with E-state index in [1.165, 1.54) is 6.26 Å². The lowest BCUT2D eigenvalue weighted by atomic mass is 10.3. The van der Waals surface area contributed by atoms with Gasteiger partial charge in [-0.2, -0.15) is 0 Å². The van der Waals surface area contributed by atoms with Crippen molar-refractivity contribution < 1.29 is 13.9 Å². The number of fused-ring (bicyclic) bond motifs is 1. The number of benzene rings is 1. The van der Waals surface area contributed by atoms with Crippen LogP contribution in [0.1, 0.15) is 10.6 Å². The second-order valence-electron chi connectivity index (χ2n) is 5.21. The van der Waals surface area contributed by atoms with Gasteiger partial charge in [-0.05, 0) is 30.3 Å². The van der Waals surface area contributed by atoms with Crippen molar-refractivity contribution in [2.45, 2.75) is 0 Å². The Balaban J connectivity index is 1.56. The van der Waals surface area contributed by atoms with Gasteiger partial charge in [0.25, 0.3) is 5.91 Å². The summed E-state index contributed by atoms with van der Waals surface area (Å²) in [6, 6.07) is 9.05. The van der Waals surface area contributed by atoms with Crippen molar-refractivity contribution in [1.82, 2.24) is 4.98 Å². The van der Waals surface area contributed by atoms with E-state index >= 15 is 0 Å². The fourth-order valence-electron chi connectivity index (χ4n) is 2.48. The Morgan fingerprint density at radius 3 is 2.91 bits per heavy atom. The number of aromatic nitrogens is 1. The Morgan fingerprint density at radius 2 is 2.13 bits per heavy atom. The molecular weight excluding hydrogens is 314 g/mol. The number of amides is 1. The molecule has 0 aliphatic carbocycles. The van der Waals surface area contributed by atoms with Crippen LogP contribution in [0.3, 0.4) is 0 Å². The van der Waals surface area contributed by atoms with Crippen molar-refractivity contribution in [3.63, 3.8) is 0 Å². The molecule has 0 saturated carbocycles. The summed E-state index contributed by atoms with van der Waals surface area (Å²) in [5, 5.41) is 3.84. The number of nitrogens with one attached hydrogen (secondary N) is 1. The van der Waals surface area contributed by atoms with Gasteiger partial charge in [0, 0.05) is 18.8 Å². The molecule has 3 aromatic rings. The number of morpholine rings is 1. The van der Waals surface area contributed by atoms with Crippen molar-refractivity contribution in [2.24, 2.45) is 0 Å². The van der Waals surface area contributed by atoms with Crippen LogP contribution < -0.4 is 10.2 Å². The number of ether oxygens (including phenoxy) is 1. The van der Waals surface area contributed by atoms with Crippen LogP contribution in [0.15, 0.2) is 41.0 Å². The zero-order valence-electron chi connectivity index (χ0n) is 12.3. The van der Waals surface area contributed by atoms with Gasteiger partial charge < -0.3 is 19.4 Å². The summed E-state index contributed by atoms with van der Waals surface area (Å²) in [6.07, 6.45) is 1.48. The van der Waals surface area contributed by atoms with Crippen LogP contribution in [0.2, 0.25) is 0 Å². The SMILES string of the molecule is O=C(Nc1ccc2nc(N3CCOCC3)sc2c1)c1ccco1. The molecule has 2 aromatic heterocycles. The summed E-state index contributed by atoms with van der Waals surface area (Å²) in [6.45, 7) is 3.20. The summed E-state index contributed by atoms with van der Waals surface area (Å²) < 4.78 is 11.5. The highest BCUT2D eigenvalue weighted by atomic mass is 32.1. The molecule has 4 rings (SSSR count). The molecule has 1 N–H and O–H groups in total. The Hall–Kier alpha value is -2.38. The second kappa shape index (κ2) is 6.02. The van der Waals surface area contributed by atoms with E-state index in [9.17, 15) is 4.79 Å². The third-order valence-electron chi connectivity index (χ3n) is 3.66. The molecule has 1 aliphatic heterocycles. The molecule has 0 bridgehead atoms. The minimum Gasteiger partial charge on any atom is -0.459 e. The van der Waals surface area contributed by atoms with Crippen LogP contribution in [0.25, 0.3) is 10.2 Å². The molecule has 1 fully saturated rings. The molecule has 118 valence electrons. The van der Waals surface area contributed by atoms with Gasteiger partial charge in [-0.1, -0.05) is 11.3 Å². The highest BCUT2D eigenvalue weighted by Gasteiger charge is 2.16. The monoisotopic (exact) mass is 329 g/mol. The van der Waals surface area contributed by atoms with E-state index in [0.717, 1.165) is 47.3 Å². The fraction of sp³-hybridized carbons (Fsp3) is 0.250. The lowest BCUT2D eigenvalue weighted by Crippen LogP contribution is -2.36. The lowest BCUT2D eigenvalue weighted by molar-refractivity contribution is 0.0996. The van der Waals surface area contributed by atoms with E-state index in [1.54, 1.807) is 23.5 Å². The number of furan rings is 1. The molecule has 0 unspecified atom stereocenters. The van der Waals surface area contributed by atoms with Crippen molar-refractivity contribution >= 4 is 38.3 Å². The maximum atomic E-state index is 12.0.